The van der Waals surface area contributed by atoms with Crippen LogP contribution in [0, 0.1) is 5.92 Å². The second kappa shape index (κ2) is 8.78. The van der Waals surface area contributed by atoms with Crippen LogP contribution in [0.2, 0.25) is 0 Å². The van der Waals surface area contributed by atoms with Gasteiger partial charge in [-0.05, 0) is 55.2 Å². The Morgan fingerprint density at radius 3 is 2.39 bits per heavy atom. The monoisotopic (exact) mass is 459 g/mol. The molecular formula is C25H25N5O2S. The number of piperidine rings is 1. The Morgan fingerprint density at radius 1 is 0.909 bits per heavy atom. The van der Waals surface area contributed by atoms with Crippen LogP contribution in [0.3, 0.4) is 0 Å². The normalized spacial score (nSPS) is 15.0. The van der Waals surface area contributed by atoms with Gasteiger partial charge in [-0.1, -0.05) is 37.3 Å². The summed E-state index contributed by atoms with van der Waals surface area (Å²) in [7, 11) is -3.79. The van der Waals surface area contributed by atoms with Gasteiger partial charge >= 0.3 is 0 Å². The van der Waals surface area contributed by atoms with Gasteiger partial charge in [0, 0.05) is 35.9 Å². The van der Waals surface area contributed by atoms with Gasteiger partial charge in [-0.2, -0.15) is 0 Å². The van der Waals surface area contributed by atoms with Crippen molar-refractivity contribution in [1.29, 1.82) is 0 Å². The molecule has 1 saturated heterocycles. The lowest BCUT2D eigenvalue weighted by molar-refractivity contribution is 0.436. The fraction of sp³-hybridized carbons (Fsp3) is 0.240. The molecular weight excluding hydrogens is 434 g/mol. The van der Waals surface area contributed by atoms with Gasteiger partial charge in [-0.3, -0.25) is 9.71 Å². The predicted molar refractivity (Wildman–Crippen MR) is 131 cm³/mol. The van der Waals surface area contributed by atoms with E-state index in [0.29, 0.717) is 11.2 Å². The van der Waals surface area contributed by atoms with Crippen LogP contribution >= 0.6 is 0 Å². The van der Waals surface area contributed by atoms with E-state index >= 15 is 0 Å². The van der Waals surface area contributed by atoms with Gasteiger partial charge in [0.25, 0.3) is 10.0 Å². The maximum atomic E-state index is 13.0. The molecule has 0 bridgehead atoms. The fourth-order valence-corrected chi connectivity index (χ4v) is 5.34. The van der Waals surface area contributed by atoms with Crippen LogP contribution in [0.25, 0.3) is 22.2 Å². The molecule has 7 nitrogen and oxygen atoms in total. The van der Waals surface area contributed by atoms with E-state index in [1.54, 1.807) is 36.5 Å². The molecule has 33 heavy (non-hydrogen) atoms. The third-order valence-corrected chi connectivity index (χ3v) is 7.49. The number of benzene rings is 2. The lowest BCUT2D eigenvalue weighted by Gasteiger charge is -2.30. The minimum absolute atomic E-state index is 0.151. The van der Waals surface area contributed by atoms with Crippen molar-refractivity contribution in [2.24, 2.45) is 5.92 Å². The first-order valence-electron chi connectivity index (χ1n) is 11.1. The average molecular weight is 460 g/mol. The summed E-state index contributed by atoms with van der Waals surface area (Å²) in [6, 6.07) is 19.8. The highest BCUT2D eigenvalue weighted by atomic mass is 32.2. The number of hydrogen-bond donors (Lipinski definition) is 1. The van der Waals surface area contributed by atoms with Gasteiger partial charge in [-0.15, -0.1) is 10.2 Å². The van der Waals surface area contributed by atoms with Crippen LogP contribution in [0.4, 0.5) is 11.5 Å². The summed E-state index contributed by atoms with van der Waals surface area (Å²) in [5.41, 5.74) is 2.54. The molecule has 0 radical (unpaired) electrons. The van der Waals surface area contributed by atoms with E-state index in [1.807, 2.05) is 36.4 Å². The SMILES string of the molecule is CC1CCN(c2ccc(-c3ccc(NS(=O)(=O)c4cccc5cccnc45)cc3)nn2)CC1. The highest BCUT2D eigenvalue weighted by molar-refractivity contribution is 7.93. The number of para-hydroxylation sites is 1. The molecule has 2 aromatic heterocycles. The van der Waals surface area contributed by atoms with E-state index in [9.17, 15) is 8.42 Å². The van der Waals surface area contributed by atoms with Gasteiger partial charge in [0.15, 0.2) is 5.82 Å². The second-order valence-corrected chi connectivity index (χ2v) is 10.1. The van der Waals surface area contributed by atoms with E-state index in [1.165, 1.54) is 12.8 Å². The molecule has 0 amide bonds. The molecule has 0 atom stereocenters. The third kappa shape index (κ3) is 4.52. The molecule has 1 N–H and O–H groups in total. The maximum absolute atomic E-state index is 13.0. The van der Waals surface area contributed by atoms with Crippen molar-refractivity contribution in [2.75, 3.05) is 22.7 Å². The molecule has 1 aliphatic heterocycles. The Balaban J connectivity index is 1.32. The van der Waals surface area contributed by atoms with Crippen LogP contribution in [0.15, 0.2) is 77.8 Å². The van der Waals surface area contributed by atoms with Gasteiger partial charge < -0.3 is 4.90 Å². The molecule has 168 valence electrons. The number of hydrogen-bond acceptors (Lipinski definition) is 6. The Labute approximate surface area is 193 Å². The topological polar surface area (TPSA) is 88.1 Å². The molecule has 4 aromatic rings. The second-order valence-electron chi connectivity index (χ2n) is 8.46. The van der Waals surface area contributed by atoms with E-state index in [2.05, 4.69) is 31.7 Å². The van der Waals surface area contributed by atoms with Crippen molar-refractivity contribution in [2.45, 2.75) is 24.7 Å². The lowest BCUT2D eigenvalue weighted by Crippen LogP contribution is -2.33. The van der Waals surface area contributed by atoms with E-state index in [0.717, 1.165) is 41.5 Å². The van der Waals surface area contributed by atoms with E-state index < -0.39 is 10.0 Å². The summed E-state index contributed by atoms with van der Waals surface area (Å²) in [5, 5.41) is 9.58. The van der Waals surface area contributed by atoms with Crippen molar-refractivity contribution in [1.82, 2.24) is 15.2 Å². The molecule has 5 rings (SSSR count). The molecule has 0 unspecified atom stereocenters. The summed E-state index contributed by atoms with van der Waals surface area (Å²) >= 11 is 0. The number of fused-ring (bicyclic) bond motifs is 1. The first-order valence-corrected chi connectivity index (χ1v) is 12.5. The van der Waals surface area contributed by atoms with Crippen LogP contribution in [0.5, 0.6) is 0 Å². The van der Waals surface area contributed by atoms with Gasteiger partial charge in [0.05, 0.1) is 11.2 Å². The van der Waals surface area contributed by atoms with Crippen molar-refractivity contribution < 1.29 is 8.42 Å². The van der Waals surface area contributed by atoms with E-state index in [-0.39, 0.29) is 4.90 Å². The minimum Gasteiger partial charge on any atom is -0.355 e. The van der Waals surface area contributed by atoms with Gasteiger partial charge in [-0.25, -0.2) is 8.42 Å². The Kier molecular flexibility index (Phi) is 5.68. The molecule has 0 aliphatic carbocycles. The molecule has 1 aliphatic rings. The van der Waals surface area contributed by atoms with Crippen LogP contribution < -0.4 is 9.62 Å². The summed E-state index contributed by atoms with van der Waals surface area (Å²) < 4.78 is 28.7. The predicted octanol–water partition coefficient (Wildman–Crippen LogP) is 4.73. The van der Waals surface area contributed by atoms with Crippen molar-refractivity contribution in [3.05, 3.63) is 72.9 Å². The zero-order chi connectivity index (χ0) is 22.8. The fourth-order valence-electron chi connectivity index (χ4n) is 4.10. The number of anilines is 2. The van der Waals surface area contributed by atoms with Crippen molar-refractivity contribution in [3.8, 4) is 11.3 Å². The molecule has 0 spiro atoms. The third-order valence-electron chi connectivity index (χ3n) is 6.08. The Hall–Kier alpha value is -3.52. The van der Waals surface area contributed by atoms with Crippen molar-refractivity contribution >= 4 is 32.4 Å². The standard InChI is InChI=1S/C25H25N5O2S/c1-18-13-16-30(17-14-18)24-12-11-22(27-28-24)19-7-9-21(10-8-19)29-33(31,32)23-6-2-4-20-5-3-15-26-25(20)23/h2-12,15,18,29H,13-14,16-17H2,1H3. The number of pyridine rings is 1. The van der Waals surface area contributed by atoms with Crippen LogP contribution in [0.1, 0.15) is 19.8 Å². The number of aromatic nitrogens is 3. The smallest absolute Gasteiger partial charge is 0.264 e. The quantitative estimate of drug-likeness (QED) is 0.464. The Bertz CT molecular complexity index is 1360. The zero-order valence-corrected chi connectivity index (χ0v) is 19.2. The summed E-state index contributed by atoms with van der Waals surface area (Å²) in [6.07, 6.45) is 3.94. The lowest BCUT2D eigenvalue weighted by atomic mass is 9.99. The van der Waals surface area contributed by atoms with Crippen LogP contribution in [-0.4, -0.2) is 36.7 Å². The molecule has 8 heteroatoms. The molecule has 0 saturated carbocycles. The summed E-state index contributed by atoms with van der Waals surface area (Å²) in [6.45, 7) is 4.31. The molecule has 2 aromatic carbocycles. The number of nitrogens with zero attached hydrogens (tertiary/aromatic N) is 4. The summed E-state index contributed by atoms with van der Waals surface area (Å²) in [4.78, 5) is 6.68. The zero-order valence-electron chi connectivity index (χ0n) is 18.3. The van der Waals surface area contributed by atoms with E-state index in [4.69, 9.17) is 0 Å². The van der Waals surface area contributed by atoms with Crippen molar-refractivity contribution in [3.63, 3.8) is 0 Å². The largest absolute Gasteiger partial charge is 0.355 e. The van der Waals surface area contributed by atoms with Gasteiger partial charge in [0.1, 0.15) is 4.90 Å². The molecule has 1 fully saturated rings. The maximum Gasteiger partial charge on any atom is 0.264 e. The first kappa shape index (κ1) is 21.3. The number of rotatable bonds is 5. The van der Waals surface area contributed by atoms with Crippen LogP contribution in [-0.2, 0) is 10.0 Å². The number of nitrogens with one attached hydrogen (secondary N) is 1. The Morgan fingerprint density at radius 2 is 1.67 bits per heavy atom. The minimum atomic E-state index is -3.79. The molecule has 3 heterocycles. The summed E-state index contributed by atoms with van der Waals surface area (Å²) in [5.74, 6) is 1.67. The average Bonchev–Trinajstić information content (AvgIpc) is 2.84. The highest BCUT2D eigenvalue weighted by Gasteiger charge is 2.19. The first-order chi connectivity index (χ1) is 16.0. The van der Waals surface area contributed by atoms with Gasteiger partial charge in [0.2, 0.25) is 0 Å². The number of sulfonamides is 1. The highest BCUT2D eigenvalue weighted by Crippen LogP contribution is 2.26.